The van der Waals surface area contributed by atoms with Crippen molar-refractivity contribution in [2.24, 2.45) is 5.73 Å². The van der Waals surface area contributed by atoms with E-state index in [1.165, 1.54) is 25.3 Å². The van der Waals surface area contributed by atoms with Crippen LogP contribution in [0.15, 0.2) is 47.1 Å². The van der Waals surface area contributed by atoms with Crippen LogP contribution in [0, 0.1) is 17.1 Å². The van der Waals surface area contributed by atoms with Crippen molar-refractivity contribution in [3.8, 4) is 6.07 Å². The van der Waals surface area contributed by atoms with E-state index in [4.69, 9.17) is 26.8 Å². The fourth-order valence-electron chi connectivity index (χ4n) is 2.27. The molecule has 1 heterocycles. The zero-order valence-electron chi connectivity index (χ0n) is 11.6. The smallest absolute Gasteiger partial charge is 0.338 e. The predicted molar refractivity (Wildman–Crippen MR) is 76.8 cm³/mol. The number of alkyl halides is 1. The highest BCUT2D eigenvalue weighted by atomic mass is 35.5. The molecule has 0 aliphatic carbocycles. The van der Waals surface area contributed by atoms with Gasteiger partial charge in [-0.05, 0) is 17.7 Å². The van der Waals surface area contributed by atoms with Crippen LogP contribution in [0.3, 0.4) is 0 Å². The lowest BCUT2D eigenvalue weighted by Gasteiger charge is -2.27. The van der Waals surface area contributed by atoms with Crippen LogP contribution >= 0.6 is 11.6 Å². The third kappa shape index (κ3) is 2.76. The quantitative estimate of drug-likeness (QED) is 0.681. The molecule has 1 aromatic carbocycles. The van der Waals surface area contributed by atoms with E-state index in [2.05, 4.69) is 0 Å². The SMILES string of the molecule is COC(=O)C1=C(CCl)OC(N)=C(C#N)C1c1cccc(F)c1. The van der Waals surface area contributed by atoms with Crippen LogP contribution in [-0.4, -0.2) is 19.0 Å². The van der Waals surface area contributed by atoms with Crippen LogP contribution in [0.25, 0.3) is 0 Å². The Morgan fingerprint density at radius 2 is 2.32 bits per heavy atom. The average molecular weight is 323 g/mol. The zero-order valence-corrected chi connectivity index (χ0v) is 12.4. The molecule has 1 aliphatic rings. The Bertz CT molecular complexity index is 722. The fraction of sp³-hybridized carbons (Fsp3) is 0.200. The van der Waals surface area contributed by atoms with Crippen molar-refractivity contribution < 1.29 is 18.7 Å². The third-order valence-corrected chi connectivity index (χ3v) is 3.45. The number of ether oxygens (including phenoxy) is 2. The molecule has 114 valence electrons. The van der Waals surface area contributed by atoms with Gasteiger partial charge in [0.2, 0.25) is 5.88 Å². The second-order valence-electron chi connectivity index (χ2n) is 4.44. The number of hydrogen-bond donors (Lipinski definition) is 1. The molecule has 0 fully saturated rings. The minimum absolute atomic E-state index is 0.000123. The Hall–Kier alpha value is -2.52. The summed E-state index contributed by atoms with van der Waals surface area (Å²) in [5, 5.41) is 9.32. The first-order valence-electron chi connectivity index (χ1n) is 6.23. The van der Waals surface area contributed by atoms with Crippen molar-refractivity contribution in [2.45, 2.75) is 5.92 Å². The van der Waals surface area contributed by atoms with Gasteiger partial charge in [-0.2, -0.15) is 5.26 Å². The molecule has 2 rings (SSSR count). The molecular weight excluding hydrogens is 311 g/mol. The zero-order chi connectivity index (χ0) is 16.3. The maximum atomic E-state index is 13.5. The molecule has 0 bridgehead atoms. The minimum Gasteiger partial charge on any atom is -0.466 e. The van der Waals surface area contributed by atoms with Crippen molar-refractivity contribution in [2.75, 3.05) is 13.0 Å². The van der Waals surface area contributed by atoms with Crippen molar-refractivity contribution in [3.05, 3.63) is 58.4 Å². The summed E-state index contributed by atoms with van der Waals surface area (Å²) in [5.41, 5.74) is 6.14. The monoisotopic (exact) mass is 322 g/mol. The standard InChI is InChI=1S/C15H12ClFN2O3/c1-21-15(20)13-11(6-16)22-14(19)10(7-18)12(13)8-3-2-4-9(17)5-8/h2-5,12H,6,19H2,1H3. The van der Waals surface area contributed by atoms with Crippen molar-refractivity contribution >= 4 is 17.6 Å². The number of nitriles is 1. The summed E-state index contributed by atoms with van der Waals surface area (Å²) in [4.78, 5) is 12.1. The number of nitrogens with two attached hydrogens (primary N) is 1. The van der Waals surface area contributed by atoms with Gasteiger partial charge in [0.1, 0.15) is 23.2 Å². The van der Waals surface area contributed by atoms with Crippen LogP contribution in [0.2, 0.25) is 0 Å². The average Bonchev–Trinajstić information content (AvgIpc) is 2.52. The third-order valence-electron chi connectivity index (χ3n) is 3.21. The van der Waals surface area contributed by atoms with Crippen LogP contribution in [0.5, 0.6) is 0 Å². The molecule has 0 saturated heterocycles. The van der Waals surface area contributed by atoms with Crippen LogP contribution in [0.4, 0.5) is 4.39 Å². The summed E-state index contributed by atoms with van der Waals surface area (Å²) in [6.45, 7) is 0. The second kappa shape index (κ2) is 6.50. The first-order valence-corrected chi connectivity index (χ1v) is 6.77. The second-order valence-corrected chi connectivity index (χ2v) is 4.71. The van der Waals surface area contributed by atoms with E-state index in [1.807, 2.05) is 6.07 Å². The van der Waals surface area contributed by atoms with Gasteiger partial charge in [0, 0.05) is 0 Å². The Labute approximate surface area is 131 Å². The van der Waals surface area contributed by atoms with Gasteiger partial charge < -0.3 is 15.2 Å². The molecule has 0 saturated carbocycles. The van der Waals surface area contributed by atoms with Gasteiger partial charge in [0.15, 0.2) is 0 Å². The van der Waals surface area contributed by atoms with Gasteiger partial charge in [-0.1, -0.05) is 12.1 Å². The molecule has 0 aromatic heterocycles. The maximum Gasteiger partial charge on any atom is 0.338 e. The predicted octanol–water partition coefficient (Wildman–Crippen LogP) is 2.30. The molecule has 7 heteroatoms. The molecule has 2 N–H and O–H groups in total. The molecule has 1 aliphatic heterocycles. The normalized spacial score (nSPS) is 17.8. The number of rotatable bonds is 3. The van der Waals surface area contributed by atoms with Gasteiger partial charge >= 0.3 is 5.97 Å². The molecule has 0 amide bonds. The molecule has 1 aromatic rings. The number of nitrogens with zero attached hydrogens (tertiary/aromatic N) is 1. The van der Waals surface area contributed by atoms with Crippen LogP contribution < -0.4 is 5.73 Å². The number of carbonyl (C=O) groups is 1. The number of allylic oxidation sites excluding steroid dienone is 2. The van der Waals surface area contributed by atoms with Gasteiger partial charge in [0.05, 0.1) is 24.5 Å². The van der Waals surface area contributed by atoms with Crippen molar-refractivity contribution in [1.29, 1.82) is 5.26 Å². The van der Waals surface area contributed by atoms with E-state index in [0.717, 1.165) is 0 Å². The van der Waals surface area contributed by atoms with Gasteiger partial charge in [-0.25, -0.2) is 9.18 Å². The molecular formula is C15H12ClFN2O3. The highest BCUT2D eigenvalue weighted by Crippen LogP contribution is 2.39. The first kappa shape index (κ1) is 15.9. The molecule has 1 atom stereocenters. The summed E-state index contributed by atoms with van der Waals surface area (Å²) in [7, 11) is 1.19. The van der Waals surface area contributed by atoms with Gasteiger partial charge in [-0.3, -0.25) is 0 Å². The van der Waals surface area contributed by atoms with Crippen molar-refractivity contribution in [1.82, 2.24) is 0 Å². The van der Waals surface area contributed by atoms with Crippen molar-refractivity contribution in [3.63, 3.8) is 0 Å². The van der Waals surface area contributed by atoms with Gasteiger partial charge in [0.25, 0.3) is 0 Å². The number of esters is 1. The molecule has 5 nitrogen and oxygen atoms in total. The lowest BCUT2D eigenvalue weighted by molar-refractivity contribution is -0.136. The lowest BCUT2D eigenvalue weighted by atomic mass is 9.83. The number of methoxy groups -OCH3 is 1. The fourth-order valence-corrected chi connectivity index (χ4v) is 2.47. The highest BCUT2D eigenvalue weighted by molar-refractivity contribution is 6.19. The topological polar surface area (TPSA) is 85.3 Å². The Balaban J connectivity index is 2.69. The lowest BCUT2D eigenvalue weighted by Crippen LogP contribution is -2.26. The van der Waals surface area contributed by atoms with E-state index in [1.54, 1.807) is 6.07 Å². The highest BCUT2D eigenvalue weighted by Gasteiger charge is 2.37. The van der Waals surface area contributed by atoms with E-state index in [9.17, 15) is 14.4 Å². The molecule has 1 unspecified atom stereocenters. The van der Waals surface area contributed by atoms with E-state index in [0.29, 0.717) is 5.56 Å². The van der Waals surface area contributed by atoms with E-state index >= 15 is 0 Å². The Morgan fingerprint density at radius 3 is 2.86 bits per heavy atom. The van der Waals surface area contributed by atoms with Gasteiger partial charge in [-0.15, -0.1) is 11.6 Å². The molecule has 0 spiro atoms. The number of benzene rings is 1. The summed E-state index contributed by atoms with van der Waals surface area (Å²) in [5.74, 6) is -2.34. The molecule has 22 heavy (non-hydrogen) atoms. The van der Waals surface area contributed by atoms with Crippen LogP contribution in [0.1, 0.15) is 11.5 Å². The first-order chi connectivity index (χ1) is 10.5. The summed E-state index contributed by atoms with van der Waals surface area (Å²) < 4.78 is 23.5. The maximum absolute atomic E-state index is 13.5. The summed E-state index contributed by atoms with van der Waals surface area (Å²) in [6, 6.07) is 7.43. The number of halogens is 2. The summed E-state index contributed by atoms with van der Waals surface area (Å²) in [6.07, 6.45) is 0. The molecule has 0 radical (unpaired) electrons. The van der Waals surface area contributed by atoms with E-state index in [-0.39, 0.29) is 28.7 Å². The Kier molecular flexibility index (Phi) is 4.68. The summed E-state index contributed by atoms with van der Waals surface area (Å²) >= 11 is 5.79. The number of hydrogen-bond acceptors (Lipinski definition) is 5. The number of carbonyl (C=O) groups excluding carboxylic acids is 1. The Morgan fingerprint density at radius 1 is 1.59 bits per heavy atom. The minimum atomic E-state index is -0.893. The van der Waals surface area contributed by atoms with E-state index < -0.39 is 17.7 Å². The largest absolute Gasteiger partial charge is 0.466 e. The van der Waals surface area contributed by atoms with Crippen LogP contribution in [-0.2, 0) is 14.3 Å².